The fraction of sp³-hybridized carbons (Fsp3) is 0.462. The van der Waals surface area contributed by atoms with Crippen molar-refractivity contribution in [2.24, 2.45) is 5.92 Å². The van der Waals surface area contributed by atoms with E-state index in [2.05, 4.69) is 0 Å². The molecule has 0 aromatic heterocycles. The van der Waals surface area contributed by atoms with Crippen LogP contribution in [0.2, 0.25) is 0 Å². The number of ether oxygens (including phenoxy) is 1. The topological polar surface area (TPSA) is 46.5 Å². The first-order valence-electron chi connectivity index (χ1n) is 5.40. The van der Waals surface area contributed by atoms with Crippen molar-refractivity contribution in [2.45, 2.75) is 19.8 Å². The number of carboxylic acids is 1. The summed E-state index contributed by atoms with van der Waals surface area (Å²) in [7, 11) is 1.59. The lowest BCUT2D eigenvalue weighted by atomic mass is 9.96. The summed E-state index contributed by atoms with van der Waals surface area (Å²) in [5.41, 5.74) is 2.23. The molecular formula is C13H18O3. The number of carboxylic acid groups (broad SMARTS) is 1. The summed E-state index contributed by atoms with van der Waals surface area (Å²) in [6, 6.07) is 7.97. The van der Waals surface area contributed by atoms with Crippen molar-refractivity contribution in [3.8, 4) is 0 Å². The molecule has 0 bridgehead atoms. The summed E-state index contributed by atoms with van der Waals surface area (Å²) in [6.45, 7) is 2.50. The van der Waals surface area contributed by atoms with Crippen molar-refractivity contribution in [1.82, 2.24) is 0 Å². The Balaban J connectivity index is 2.64. The van der Waals surface area contributed by atoms with Crippen LogP contribution in [0.5, 0.6) is 0 Å². The fourth-order valence-corrected chi connectivity index (χ4v) is 1.70. The summed E-state index contributed by atoms with van der Waals surface area (Å²) in [5, 5.41) is 9.07. The third kappa shape index (κ3) is 4.03. The maximum atomic E-state index is 11.0. The van der Waals surface area contributed by atoms with E-state index in [1.54, 1.807) is 7.11 Å². The number of methoxy groups -OCH3 is 1. The van der Waals surface area contributed by atoms with E-state index >= 15 is 0 Å². The maximum Gasteiger partial charge on any atom is 0.306 e. The third-order valence-electron chi connectivity index (χ3n) is 2.58. The van der Waals surface area contributed by atoms with Gasteiger partial charge in [-0.15, -0.1) is 0 Å². The zero-order valence-electron chi connectivity index (χ0n) is 9.77. The van der Waals surface area contributed by atoms with Crippen molar-refractivity contribution in [2.75, 3.05) is 13.7 Å². The molecule has 1 aromatic carbocycles. The zero-order chi connectivity index (χ0) is 12.0. The van der Waals surface area contributed by atoms with Crippen LogP contribution in [-0.4, -0.2) is 24.8 Å². The molecule has 0 saturated heterocycles. The summed E-state index contributed by atoms with van der Waals surface area (Å²) in [5.74, 6) is -1.11. The van der Waals surface area contributed by atoms with Gasteiger partial charge in [-0.2, -0.15) is 0 Å². The van der Waals surface area contributed by atoms with Crippen molar-refractivity contribution >= 4 is 5.97 Å². The average Bonchev–Trinajstić information content (AvgIpc) is 2.24. The van der Waals surface area contributed by atoms with Gasteiger partial charge in [-0.05, 0) is 25.3 Å². The molecule has 1 rings (SSSR count). The molecule has 0 saturated carbocycles. The number of aliphatic carboxylic acids is 1. The van der Waals surface area contributed by atoms with Crippen molar-refractivity contribution in [3.05, 3.63) is 35.4 Å². The van der Waals surface area contributed by atoms with E-state index in [1.807, 2.05) is 31.2 Å². The molecule has 0 aliphatic heterocycles. The summed E-state index contributed by atoms with van der Waals surface area (Å²) >= 11 is 0. The first-order chi connectivity index (χ1) is 7.63. The Hall–Kier alpha value is -1.35. The quantitative estimate of drug-likeness (QED) is 0.803. The lowest BCUT2D eigenvalue weighted by Crippen LogP contribution is -2.18. The van der Waals surface area contributed by atoms with Crippen LogP contribution in [0.1, 0.15) is 17.5 Å². The Bertz CT molecular complexity index is 347. The van der Waals surface area contributed by atoms with E-state index in [0.29, 0.717) is 19.4 Å². The fourth-order valence-electron chi connectivity index (χ4n) is 1.70. The second kappa shape index (κ2) is 6.28. The van der Waals surface area contributed by atoms with Gasteiger partial charge in [-0.3, -0.25) is 4.79 Å². The number of hydrogen-bond donors (Lipinski definition) is 1. The van der Waals surface area contributed by atoms with Gasteiger partial charge in [0, 0.05) is 13.7 Å². The van der Waals surface area contributed by atoms with E-state index in [-0.39, 0.29) is 5.92 Å². The Morgan fingerprint density at radius 2 is 2.25 bits per heavy atom. The molecule has 0 fully saturated rings. The number of rotatable bonds is 6. The summed E-state index contributed by atoms with van der Waals surface area (Å²) in [6.07, 6.45) is 1.13. The molecule has 1 N–H and O–H groups in total. The monoisotopic (exact) mass is 222 g/mol. The van der Waals surface area contributed by atoms with E-state index in [4.69, 9.17) is 9.84 Å². The minimum atomic E-state index is -0.751. The molecule has 3 heteroatoms. The van der Waals surface area contributed by atoms with Gasteiger partial charge in [0.1, 0.15) is 0 Å². The van der Waals surface area contributed by atoms with Crippen LogP contribution in [0.4, 0.5) is 0 Å². The lowest BCUT2D eigenvalue weighted by Gasteiger charge is -2.12. The molecule has 1 aromatic rings. The van der Waals surface area contributed by atoms with Crippen molar-refractivity contribution in [3.63, 3.8) is 0 Å². The largest absolute Gasteiger partial charge is 0.481 e. The van der Waals surface area contributed by atoms with E-state index in [9.17, 15) is 4.79 Å². The van der Waals surface area contributed by atoms with Gasteiger partial charge < -0.3 is 9.84 Å². The first kappa shape index (κ1) is 12.7. The van der Waals surface area contributed by atoms with Crippen molar-refractivity contribution < 1.29 is 14.6 Å². The maximum absolute atomic E-state index is 11.0. The summed E-state index contributed by atoms with van der Waals surface area (Å²) < 4.78 is 4.92. The highest BCUT2D eigenvalue weighted by molar-refractivity contribution is 5.70. The van der Waals surface area contributed by atoms with Gasteiger partial charge in [0.15, 0.2) is 0 Å². The Morgan fingerprint density at radius 3 is 2.81 bits per heavy atom. The Labute approximate surface area is 96.1 Å². The highest BCUT2D eigenvalue weighted by Crippen LogP contribution is 2.14. The number of aryl methyl sites for hydroxylation is 1. The molecule has 0 aliphatic rings. The van der Waals surface area contributed by atoms with Gasteiger partial charge >= 0.3 is 5.97 Å². The number of benzene rings is 1. The molecule has 0 radical (unpaired) electrons. The molecule has 0 amide bonds. The third-order valence-corrected chi connectivity index (χ3v) is 2.58. The first-order valence-corrected chi connectivity index (χ1v) is 5.40. The van der Waals surface area contributed by atoms with Gasteiger partial charge in [-0.1, -0.05) is 29.8 Å². The van der Waals surface area contributed by atoms with E-state index in [1.165, 1.54) is 0 Å². The van der Waals surface area contributed by atoms with Crippen LogP contribution in [-0.2, 0) is 16.0 Å². The molecule has 3 nitrogen and oxygen atoms in total. The summed E-state index contributed by atoms with van der Waals surface area (Å²) in [4.78, 5) is 11.0. The van der Waals surface area contributed by atoms with Crippen LogP contribution >= 0.6 is 0 Å². The smallest absolute Gasteiger partial charge is 0.306 e. The number of carbonyl (C=O) groups is 1. The lowest BCUT2D eigenvalue weighted by molar-refractivity contribution is -0.142. The Kier molecular flexibility index (Phi) is 4.99. The highest BCUT2D eigenvalue weighted by atomic mass is 16.5. The normalized spacial score (nSPS) is 12.4. The molecule has 88 valence electrons. The molecule has 1 atom stereocenters. The minimum absolute atomic E-state index is 0.359. The molecule has 0 aliphatic carbocycles. The predicted octanol–water partition coefficient (Wildman–Crippen LogP) is 2.27. The van der Waals surface area contributed by atoms with E-state index in [0.717, 1.165) is 11.1 Å². The average molecular weight is 222 g/mol. The zero-order valence-corrected chi connectivity index (χ0v) is 9.77. The Morgan fingerprint density at radius 1 is 1.50 bits per heavy atom. The molecule has 0 heterocycles. The standard InChI is InChI=1S/C13H18O3/c1-10-4-3-5-11(8-10)9-12(13(14)15)6-7-16-2/h3-5,8,12H,6-7,9H2,1-2H3,(H,14,15). The SMILES string of the molecule is COCCC(Cc1cccc(C)c1)C(=O)O. The molecule has 16 heavy (non-hydrogen) atoms. The number of hydrogen-bond acceptors (Lipinski definition) is 2. The molecule has 0 spiro atoms. The van der Waals surface area contributed by atoms with Crippen molar-refractivity contribution in [1.29, 1.82) is 0 Å². The predicted molar refractivity (Wildman–Crippen MR) is 62.5 cm³/mol. The van der Waals surface area contributed by atoms with Gasteiger partial charge in [0.25, 0.3) is 0 Å². The second-order valence-electron chi connectivity index (χ2n) is 4.01. The van der Waals surface area contributed by atoms with Crippen LogP contribution < -0.4 is 0 Å². The molecule has 1 unspecified atom stereocenters. The van der Waals surface area contributed by atoms with E-state index < -0.39 is 5.97 Å². The highest BCUT2D eigenvalue weighted by Gasteiger charge is 2.17. The van der Waals surface area contributed by atoms with Crippen LogP contribution in [0.3, 0.4) is 0 Å². The van der Waals surface area contributed by atoms with Gasteiger partial charge in [-0.25, -0.2) is 0 Å². The molecular weight excluding hydrogens is 204 g/mol. The van der Waals surface area contributed by atoms with Gasteiger partial charge in [0.05, 0.1) is 5.92 Å². The minimum Gasteiger partial charge on any atom is -0.481 e. The van der Waals surface area contributed by atoms with Crippen LogP contribution in [0.15, 0.2) is 24.3 Å². The van der Waals surface area contributed by atoms with Gasteiger partial charge in [0.2, 0.25) is 0 Å². The van der Waals surface area contributed by atoms with Crippen LogP contribution in [0, 0.1) is 12.8 Å². The van der Waals surface area contributed by atoms with Crippen LogP contribution in [0.25, 0.3) is 0 Å². The second-order valence-corrected chi connectivity index (χ2v) is 4.01.